The number of rotatable bonds is 6. The largest absolute Gasteiger partial charge is 0.465 e. The summed E-state index contributed by atoms with van der Waals surface area (Å²) in [5.74, 6) is 1.44. The molecule has 124 valence electrons. The maximum atomic E-state index is 10.9. The van der Waals surface area contributed by atoms with Gasteiger partial charge < -0.3 is 19.2 Å². The number of carbonyl (C=O) groups is 1. The molecule has 2 aromatic rings. The number of hydrogen-bond acceptors (Lipinski definition) is 4. The van der Waals surface area contributed by atoms with E-state index in [4.69, 9.17) is 14.3 Å². The lowest BCUT2D eigenvalue weighted by molar-refractivity contribution is 0.0938. The predicted octanol–water partition coefficient (Wildman–Crippen LogP) is 3.51. The van der Waals surface area contributed by atoms with E-state index in [0.29, 0.717) is 32.2 Å². The van der Waals surface area contributed by atoms with Crippen LogP contribution in [-0.2, 0) is 11.3 Å². The lowest BCUT2D eigenvalue weighted by Crippen LogP contribution is -2.37. The van der Waals surface area contributed by atoms with Gasteiger partial charge in [0.1, 0.15) is 18.0 Å². The predicted molar refractivity (Wildman–Crippen MR) is 85.2 cm³/mol. The van der Waals surface area contributed by atoms with E-state index in [9.17, 15) is 4.79 Å². The maximum Gasteiger partial charge on any atom is 0.407 e. The molecule has 1 aliphatic heterocycles. The number of pyridine rings is 1. The fourth-order valence-electron chi connectivity index (χ4n) is 3.07. The van der Waals surface area contributed by atoms with Crippen LogP contribution in [0.25, 0.3) is 11.0 Å². The fraction of sp³-hybridized carbons (Fsp3) is 0.529. The zero-order valence-electron chi connectivity index (χ0n) is 13.1. The van der Waals surface area contributed by atoms with Gasteiger partial charge in [0.2, 0.25) is 0 Å². The minimum Gasteiger partial charge on any atom is -0.465 e. The normalized spacial score (nSPS) is 16.1. The number of piperidine rings is 1. The van der Waals surface area contributed by atoms with E-state index < -0.39 is 6.09 Å². The third kappa shape index (κ3) is 4.22. The molecule has 0 bridgehead atoms. The number of hydrogen-bond donors (Lipinski definition) is 1. The van der Waals surface area contributed by atoms with Gasteiger partial charge in [-0.3, -0.25) is 4.98 Å². The third-order valence-electron chi connectivity index (χ3n) is 4.40. The van der Waals surface area contributed by atoms with Crippen LogP contribution in [-0.4, -0.2) is 40.8 Å². The summed E-state index contributed by atoms with van der Waals surface area (Å²) in [6, 6.07) is 3.81. The summed E-state index contributed by atoms with van der Waals surface area (Å²) in [7, 11) is 0. The van der Waals surface area contributed by atoms with Crippen LogP contribution in [0.5, 0.6) is 0 Å². The second kappa shape index (κ2) is 7.46. The molecule has 3 heterocycles. The number of ether oxygens (including phenoxy) is 1. The SMILES string of the molecule is O=C(O)N1CCC(CCCOCc2cc3cnccc3o2)CC1. The van der Waals surface area contributed by atoms with E-state index in [1.54, 1.807) is 12.4 Å². The molecule has 3 rings (SSSR count). The van der Waals surface area contributed by atoms with Crippen molar-refractivity contribution < 1.29 is 19.1 Å². The number of likely N-dealkylation sites (tertiary alicyclic amines) is 1. The minimum atomic E-state index is -0.798. The van der Waals surface area contributed by atoms with Crippen LogP contribution >= 0.6 is 0 Å². The minimum absolute atomic E-state index is 0.478. The molecule has 1 saturated heterocycles. The first-order valence-corrected chi connectivity index (χ1v) is 8.10. The molecule has 2 aromatic heterocycles. The molecule has 1 amide bonds. The molecule has 6 heteroatoms. The molecule has 1 N–H and O–H groups in total. The van der Waals surface area contributed by atoms with Gasteiger partial charge in [-0.15, -0.1) is 0 Å². The lowest BCUT2D eigenvalue weighted by Gasteiger charge is -2.29. The van der Waals surface area contributed by atoms with Crippen molar-refractivity contribution in [3.05, 3.63) is 30.3 Å². The van der Waals surface area contributed by atoms with Crippen molar-refractivity contribution in [2.24, 2.45) is 5.92 Å². The van der Waals surface area contributed by atoms with Crippen LogP contribution in [0.1, 0.15) is 31.4 Å². The van der Waals surface area contributed by atoms with Crippen LogP contribution in [0.4, 0.5) is 4.79 Å². The first-order valence-electron chi connectivity index (χ1n) is 8.10. The van der Waals surface area contributed by atoms with Gasteiger partial charge in [0, 0.05) is 37.5 Å². The highest BCUT2D eigenvalue weighted by Crippen LogP contribution is 2.22. The topological polar surface area (TPSA) is 75.8 Å². The second-order valence-electron chi connectivity index (χ2n) is 6.03. The molecule has 0 aromatic carbocycles. The van der Waals surface area contributed by atoms with Gasteiger partial charge in [-0.2, -0.15) is 0 Å². The Morgan fingerprint density at radius 2 is 2.26 bits per heavy atom. The number of furan rings is 1. The Hall–Kier alpha value is -2.08. The molecular weight excluding hydrogens is 296 g/mol. The molecule has 0 saturated carbocycles. The number of nitrogens with zero attached hydrogens (tertiary/aromatic N) is 2. The fourth-order valence-corrected chi connectivity index (χ4v) is 3.07. The molecule has 1 fully saturated rings. The summed E-state index contributed by atoms with van der Waals surface area (Å²) in [4.78, 5) is 16.4. The maximum absolute atomic E-state index is 10.9. The Bertz CT molecular complexity index is 614. The number of fused-ring (bicyclic) bond motifs is 1. The van der Waals surface area contributed by atoms with Crippen molar-refractivity contribution in [1.82, 2.24) is 9.88 Å². The summed E-state index contributed by atoms with van der Waals surface area (Å²) in [5, 5.41) is 9.92. The molecule has 0 atom stereocenters. The Balaban J connectivity index is 1.32. The standard InChI is InChI=1S/C17H22N2O4/c20-17(21)19-7-4-13(5-8-19)2-1-9-22-12-15-10-14-11-18-6-3-16(14)23-15/h3,6,10-11,13H,1-2,4-5,7-9,12H2,(H,20,21). The van der Waals surface area contributed by atoms with Gasteiger partial charge >= 0.3 is 6.09 Å². The van der Waals surface area contributed by atoms with E-state index in [0.717, 1.165) is 42.4 Å². The Kier molecular flexibility index (Phi) is 5.12. The van der Waals surface area contributed by atoms with E-state index >= 15 is 0 Å². The highest BCUT2D eigenvalue weighted by Gasteiger charge is 2.21. The molecule has 0 radical (unpaired) electrons. The third-order valence-corrected chi connectivity index (χ3v) is 4.40. The molecule has 23 heavy (non-hydrogen) atoms. The zero-order valence-corrected chi connectivity index (χ0v) is 13.1. The highest BCUT2D eigenvalue weighted by atomic mass is 16.5. The first-order chi connectivity index (χ1) is 11.2. The summed E-state index contributed by atoms with van der Waals surface area (Å²) in [5.41, 5.74) is 0.837. The number of carboxylic acid groups (broad SMARTS) is 1. The van der Waals surface area contributed by atoms with Crippen LogP contribution in [0, 0.1) is 5.92 Å². The van der Waals surface area contributed by atoms with Gasteiger partial charge in [0.15, 0.2) is 0 Å². The van der Waals surface area contributed by atoms with Gasteiger partial charge in [-0.1, -0.05) is 0 Å². The lowest BCUT2D eigenvalue weighted by atomic mass is 9.92. The average Bonchev–Trinajstić information content (AvgIpc) is 2.97. The summed E-state index contributed by atoms with van der Waals surface area (Å²) < 4.78 is 11.4. The Morgan fingerprint density at radius 1 is 1.43 bits per heavy atom. The van der Waals surface area contributed by atoms with Crippen molar-refractivity contribution in [2.45, 2.75) is 32.3 Å². The summed E-state index contributed by atoms with van der Waals surface area (Å²) >= 11 is 0. The molecular formula is C17H22N2O4. The van der Waals surface area contributed by atoms with Gasteiger partial charge in [-0.05, 0) is 43.7 Å². The van der Waals surface area contributed by atoms with Crippen LogP contribution in [0.15, 0.2) is 28.9 Å². The van der Waals surface area contributed by atoms with Crippen molar-refractivity contribution in [3.63, 3.8) is 0 Å². The quantitative estimate of drug-likeness (QED) is 0.825. The Labute approximate surface area is 135 Å². The van der Waals surface area contributed by atoms with Crippen molar-refractivity contribution in [2.75, 3.05) is 19.7 Å². The van der Waals surface area contributed by atoms with E-state index in [1.165, 1.54) is 4.90 Å². The van der Waals surface area contributed by atoms with E-state index in [1.807, 2.05) is 12.1 Å². The van der Waals surface area contributed by atoms with Crippen molar-refractivity contribution in [1.29, 1.82) is 0 Å². The zero-order chi connectivity index (χ0) is 16.1. The summed E-state index contributed by atoms with van der Waals surface area (Å²) in [6.45, 7) is 2.50. The second-order valence-corrected chi connectivity index (χ2v) is 6.03. The smallest absolute Gasteiger partial charge is 0.407 e. The number of amides is 1. The van der Waals surface area contributed by atoms with E-state index in [-0.39, 0.29) is 0 Å². The van der Waals surface area contributed by atoms with Crippen LogP contribution < -0.4 is 0 Å². The van der Waals surface area contributed by atoms with Crippen LogP contribution in [0.3, 0.4) is 0 Å². The number of aromatic nitrogens is 1. The molecule has 0 unspecified atom stereocenters. The Morgan fingerprint density at radius 3 is 3.00 bits per heavy atom. The first kappa shape index (κ1) is 15.8. The molecule has 6 nitrogen and oxygen atoms in total. The summed E-state index contributed by atoms with van der Waals surface area (Å²) in [6.07, 6.45) is 6.72. The van der Waals surface area contributed by atoms with Crippen molar-refractivity contribution >= 4 is 17.1 Å². The van der Waals surface area contributed by atoms with E-state index in [2.05, 4.69) is 4.98 Å². The van der Waals surface area contributed by atoms with Gasteiger partial charge in [0.25, 0.3) is 0 Å². The molecule has 1 aliphatic rings. The highest BCUT2D eigenvalue weighted by molar-refractivity contribution is 5.76. The molecule has 0 spiro atoms. The monoisotopic (exact) mass is 318 g/mol. The molecule has 0 aliphatic carbocycles. The van der Waals surface area contributed by atoms with Gasteiger partial charge in [-0.25, -0.2) is 4.79 Å². The van der Waals surface area contributed by atoms with Crippen LogP contribution in [0.2, 0.25) is 0 Å². The van der Waals surface area contributed by atoms with Gasteiger partial charge in [0.05, 0.1) is 0 Å². The van der Waals surface area contributed by atoms with Crippen molar-refractivity contribution in [3.8, 4) is 0 Å². The average molecular weight is 318 g/mol.